The third-order valence-corrected chi connectivity index (χ3v) is 4.05. The first-order valence-corrected chi connectivity index (χ1v) is 7.49. The molecule has 21 heavy (non-hydrogen) atoms. The van der Waals surface area contributed by atoms with Crippen LogP contribution in [0.4, 0.5) is 0 Å². The molecule has 1 aliphatic rings. The summed E-state index contributed by atoms with van der Waals surface area (Å²) in [7, 11) is 0. The SMILES string of the molecule is O=C1CCOC(Cc2ccccc2)(Cc2ccccc2)C1. The summed E-state index contributed by atoms with van der Waals surface area (Å²) < 4.78 is 6.12. The molecule has 1 saturated heterocycles. The zero-order valence-electron chi connectivity index (χ0n) is 12.1. The predicted octanol–water partition coefficient (Wildman–Crippen LogP) is 3.59. The summed E-state index contributed by atoms with van der Waals surface area (Å²) in [5.74, 6) is 0.313. The first-order chi connectivity index (χ1) is 10.3. The van der Waals surface area contributed by atoms with Crippen LogP contribution in [-0.2, 0) is 22.4 Å². The molecule has 1 heterocycles. The van der Waals surface area contributed by atoms with Gasteiger partial charge in [-0.2, -0.15) is 0 Å². The van der Waals surface area contributed by atoms with Crippen molar-refractivity contribution in [2.75, 3.05) is 6.61 Å². The van der Waals surface area contributed by atoms with Crippen molar-refractivity contribution >= 4 is 5.78 Å². The van der Waals surface area contributed by atoms with Crippen molar-refractivity contribution in [3.8, 4) is 0 Å². The first-order valence-electron chi connectivity index (χ1n) is 7.49. The molecule has 0 spiro atoms. The van der Waals surface area contributed by atoms with Gasteiger partial charge in [-0.1, -0.05) is 60.7 Å². The molecule has 1 fully saturated rings. The van der Waals surface area contributed by atoms with Crippen molar-refractivity contribution in [3.63, 3.8) is 0 Å². The molecule has 0 bridgehead atoms. The van der Waals surface area contributed by atoms with E-state index < -0.39 is 5.60 Å². The number of carbonyl (C=O) groups is 1. The summed E-state index contributed by atoms with van der Waals surface area (Å²) in [6.45, 7) is 0.540. The number of rotatable bonds is 4. The lowest BCUT2D eigenvalue weighted by molar-refractivity contribution is -0.139. The van der Waals surface area contributed by atoms with Crippen molar-refractivity contribution in [1.29, 1.82) is 0 Å². The van der Waals surface area contributed by atoms with Crippen LogP contribution in [-0.4, -0.2) is 18.0 Å². The average Bonchev–Trinajstić information content (AvgIpc) is 2.49. The molecule has 1 aliphatic heterocycles. The Bertz CT molecular complexity index is 548. The summed E-state index contributed by atoms with van der Waals surface area (Å²) in [6.07, 6.45) is 2.63. The third kappa shape index (κ3) is 3.59. The standard InChI is InChI=1S/C19H20O2/c20-18-11-12-21-19(15-18,13-16-7-3-1-4-8-16)14-17-9-5-2-6-10-17/h1-10H,11-15H2. The van der Waals surface area contributed by atoms with Gasteiger partial charge >= 0.3 is 0 Å². The Morgan fingerprint density at radius 1 is 0.857 bits per heavy atom. The Hall–Kier alpha value is -1.93. The van der Waals surface area contributed by atoms with Crippen molar-refractivity contribution in [1.82, 2.24) is 0 Å². The molecular weight excluding hydrogens is 260 g/mol. The molecule has 0 aliphatic carbocycles. The van der Waals surface area contributed by atoms with Crippen LogP contribution in [0.1, 0.15) is 24.0 Å². The quantitative estimate of drug-likeness (QED) is 0.855. The number of ether oxygens (including phenoxy) is 1. The summed E-state index contributed by atoms with van der Waals surface area (Å²) in [5, 5.41) is 0. The maximum absolute atomic E-state index is 12.0. The Morgan fingerprint density at radius 2 is 1.38 bits per heavy atom. The van der Waals surface area contributed by atoms with E-state index in [1.807, 2.05) is 36.4 Å². The predicted molar refractivity (Wildman–Crippen MR) is 83.2 cm³/mol. The minimum atomic E-state index is -0.391. The first kappa shape index (κ1) is 14.0. The smallest absolute Gasteiger partial charge is 0.138 e. The van der Waals surface area contributed by atoms with Gasteiger partial charge in [0.1, 0.15) is 5.78 Å². The molecule has 0 unspecified atom stereocenters. The van der Waals surface area contributed by atoms with Crippen LogP contribution >= 0.6 is 0 Å². The van der Waals surface area contributed by atoms with E-state index in [0.717, 1.165) is 12.8 Å². The highest BCUT2D eigenvalue weighted by molar-refractivity contribution is 5.80. The van der Waals surface area contributed by atoms with Gasteiger partial charge in [0.15, 0.2) is 0 Å². The van der Waals surface area contributed by atoms with Crippen LogP contribution in [0.25, 0.3) is 0 Å². The topological polar surface area (TPSA) is 26.3 Å². The highest BCUT2D eigenvalue weighted by Gasteiger charge is 2.37. The summed E-state index contributed by atoms with van der Waals surface area (Å²) in [5.41, 5.74) is 2.06. The van der Waals surface area contributed by atoms with E-state index in [9.17, 15) is 4.79 Å². The van der Waals surface area contributed by atoms with Gasteiger partial charge in [0, 0.05) is 25.7 Å². The largest absolute Gasteiger partial charge is 0.373 e. The van der Waals surface area contributed by atoms with E-state index in [-0.39, 0.29) is 0 Å². The molecule has 0 amide bonds. The molecule has 0 atom stereocenters. The molecule has 0 saturated carbocycles. The number of ketones is 1. The third-order valence-electron chi connectivity index (χ3n) is 4.05. The van der Waals surface area contributed by atoms with Crippen molar-refractivity contribution in [3.05, 3.63) is 71.8 Å². The fourth-order valence-electron chi connectivity index (χ4n) is 3.11. The van der Waals surface area contributed by atoms with E-state index in [2.05, 4.69) is 24.3 Å². The van der Waals surface area contributed by atoms with Crippen LogP contribution < -0.4 is 0 Å². The fraction of sp³-hybridized carbons (Fsp3) is 0.316. The summed E-state index contributed by atoms with van der Waals surface area (Å²) in [6, 6.07) is 20.6. The maximum Gasteiger partial charge on any atom is 0.138 e. The Kier molecular flexibility index (Phi) is 4.16. The second-order valence-electron chi connectivity index (χ2n) is 5.82. The highest BCUT2D eigenvalue weighted by Crippen LogP contribution is 2.31. The number of hydrogen-bond acceptors (Lipinski definition) is 2. The fourth-order valence-corrected chi connectivity index (χ4v) is 3.11. The summed E-state index contributed by atoms with van der Waals surface area (Å²) >= 11 is 0. The molecule has 2 aromatic carbocycles. The Morgan fingerprint density at radius 3 is 1.86 bits per heavy atom. The lowest BCUT2D eigenvalue weighted by Gasteiger charge is -2.37. The highest BCUT2D eigenvalue weighted by atomic mass is 16.5. The van der Waals surface area contributed by atoms with Crippen LogP contribution in [0.2, 0.25) is 0 Å². The monoisotopic (exact) mass is 280 g/mol. The van der Waals surface area contributed by atoms with Gasteiger partial charge in [0.05, 0.1) is 12.2 Å². The van der Waals surface area contributed by atoms with E-state index in [4.69, 9.17) is 4.74 Å². The van der Waals surface area contributed by atoms with E-state index in [1.165, 1.54) is 11.1 Å². The van der Waals surface area contributed by atoms with E-state index >= 15 is 0 Å². The molecule has 3 rings (SSSR count). The minimum absolute atomic E-state index is 0.313. The van der Waals surface area contributed by atoms with Crippen LogP contribution in [0.5, 0.6) is 0 Å². The van der Waals surface area contributed by atoms with Crippen LogP contribution in [0.3, 0.4) is 0 Å². The van der Waals surface area contributed by atoms with Crippen molar-refractivity contribution in [2.24, 2.45) is 0 Å². The molecular formula is C19H20O2. The number of hydrogen-bond donors (Lipinski definition) is 0. The second kappa shape index (κ2) is 6.23. The number of benzene rings is 2. The molecule has 0 aromatic heterocycles. The molecule has 2 heteroatoms. The van der Waals surface area contributed by atoms with Crippen molar-refractivity contribution in [2.45, 2.75) is 31.3 Å². The van der Waals surface area contributed by atoms with Gasteiger partial charge in [-0.25, -0.2) is 0 Å². The Labute approximate surface area is 125 Å². The van der Waals surface area contributed by atoms with Gasteiger partial charge in [-0.15, -0.1) is 0 Å². The zero-order chi connectivity index (χ0) is 14.5. The van der Waals surface area contributed by atoms with Crippen LogP contribution in [0, 0.1) is 0 Å². The number of Topliss-reactive ketones (excluding diaryl/α,β-unsaturated/α-hetero) is 1. The molecule has 0 radical (unpaired) electrons. The lowest BCUT2D eigenvalue weighted by atomic mass is 9.82. The maximum atomic E-state index is 12.0. The normalized spacial score (nSPS) is 17.6. The summed E-state index contributed by atoms with van der Waals surface area (Å²) in [4.78, 5) is 12.0. The van der Waals surface area contributed by atoms with Crippen LogP contribution in [0.15, 0.2) is 60.7 Å². The van der Waals surface area contributed by atoms with Crippen molar-refractivity contribution < 1.29 is 9.53 Å². The van der Waals surface area contributed by atoms with Gasteiger partial charge < -0.3 is 4.74 Å². The van der Waals surface area contributed by atoms with Gasteiger partial charge in [-0.3, -0.25) is 4.79 Å². The zero-order valence-corrected chi connectivity index (χ0v) is 12.1. The average molecular weight is 280 g/mol. The Balaban J connectivity index is 1.85. The number of carbonyl (C=O) groups excluding carboxylic acids is 1. The molecule has 2 nitrogen and oxygen atoms in total. The van der Waals surface area contributed by atoms with E-state index in [0.29, 0.717) is 25.2 Å². The lowest BCUT2D eigenvalue weighted by Crippen LogP contribution is -2.44. The van der Waals surface area contributed by atoms with Gasteiger partial charge in [-0.05, 0) is 11.1 Å². The molecule has 0 N–H and O–H groups in total. The minimum Gasteiger partial charge on any atom is -0.373 e. The van der Waals surface area contributed by atoms with E-state index in [1.54, 1.807) is 0 Å². The second-order valence-corrected chi connectivity index (χ2v) is 5.82. The van der Waals surface area contributed by atoms with Gasteiger partial charge in [0.2, 0.25) is 0 Å². The molecule has 2 aromatic rings. The molecule has 108 valence electrons. The van der Waals surface area contributed by atoms with Gasteiger partial charge in [0.25, 0.3) is 0 Å².